The maximum absolute atomic E-state index is 5.98. The van der Waals surface area contributed by atoms with Gasteiger partial charge in [0.2, 0.25) is 0 Å². The highest BCUT2D eigenvalue weighted by atomic mass is 16.5. The fourth-order valence-corrected chi connectivity index (χ4v) is 2.63. The largest absolute Gasteiger partial charge is 0.493 e. The quantitative estimate of drug-likeness (QED) is 0.841. The lowest BCUT2D eigenvalue weighted by atomic mass is 10.0. The fourth-order valence-electron chi connectivity index (χ4n) is 2.63. The molecule has 0 bridgehead atoms. The maximum atomic E-state index is 5.98. The molecule has 0 saturated carbocycles. The molecule has 0 aromatic heterocycles. The SMILES string of the molecule is CCCOc1ccccc1C(CN)N1CCCC1. The summed E-state index contributed by atoms with van der Waals surface area (Å²) in [6.07, 6.45) is 3.61. The lowest BCUT2D eigenvalue weighted by Gasteiger charge is -2.28. The second-order valence-corrected chi connectivity index (χ2v) is 4.88. The van der Waals surface area contributed by atoms with Gasteiger partial charge in [0.15, 0.2) is 0 Å². The van der Waals surface area contributed by atoms with Crippen LogP contribution < -0.4 is 10.5 Å². The van der Waals surface area contributed by atoms with E-state index in [4.69, 9.17) is 10.5 Å². The minimum absolute atomic E-state index is 0.306. The van der Waals surface area contributed by atoms with E-state index in [2.05, 4.69) is 30.0 Å². The predicted molar refractivity (Wildman–Crippen MR) is 74.8 cm³/mol. The van der Waals surface area contributed by atoms with E-state index in [0.29, 0.717) is 12.6 Å². The Morgan fingerprint density at radius 2 is 2.00 bits per heavy atom. The Hall–Kier alpha value is -1.06. The van der Waals surface area contributed by atoms with E-state index in [1.807, 2.05) is 6.07 Å². The van der Waals surface area contributed by atoms with E-state index in [-0.39, 0.29) is 0 Å². The number of rotatable bonds is 6. The predicted octanol–water partition coefficient (Wildman–Crippen LogP) is 2.57. The Bertz CT molecular complexity index is 361. The van der Waals surface area contributed by atoms with Crippen LogP contribution in [0.1, 0.15) is 37.8 Å². The fraction of sp³-hybridized carbons (Fsp3) is 0.600. The highest BCUT2D eigenvalue weighted by Crippen LogP contribution is 2.31. The smallest absolute Gasteiger partial charge is 0.124 e. The van der Waals surface area contributed by atoms with Gasteiger partial charge in [-0.1, -0.05) is 25.1 Å². The summed E-state index contributed by atoms with van der Waals surface area (Å²) >= 11 is 0. The van der Waals surface area contributed by atoms with Crippen LogP contribution in [-0.2, 0) is 0 Å². The summed E-state index contributed by atoms with van der Waals surface area (Å²) in [5, 5.41) is 0. The Morgan fingerprint density at radius 1 is 1.28 bits per heavy atom. The van der Waals surface area contributed by atoms with Crippen LogP contribution in [0.25, 0.3) is 0 Å². The molecule has 2 rings (SSSR count). The van der Waals surface area contributed by atoms with Crippen LogP contribution in [0.2, 0.25) is 0 Å². The van der Waals surface area contributed by atoms with Crippen molar-refractivity contribution in [3.63, 3.8) is 0 Å². The van der Waals surface area contributed by atoms with E-state index in [1.165, 1.54) is 18.4 Å². The third-order valence-corrected chi connectivity index (χ3v) is 3.54. The Kier molecular flexibility index (Phi) is 5.02. The lowest BCUT2D eigenvalue weighted by molar-refractivity contribution is 0.239. The number of hydrogen-bond acceptors (Lipinski definition) is 3. The number of benzene rings is 1. The molecule has 1 aromatic carbocycles. The van der Waals surface area contributed by atoms with Crippen LogP contribution in [0, 0.1) is 0 Å². The molecular formula is C15H24N2O. The highest BCUT2D eigenvalue weighted by Gasteiger charge is 2.24. The second kappa shape index (κ2) is 6.76. The number of nitrogens with two attached hydrogens (primary N) is 1. The molecule has 1 heterocycles. The molecule has 0 aliphatic carbocycles. The van der Waals surface area contributed by atoms with Gasteiger partial charge in [0, 0.05) is 12.1 Å². The standard InChI is InChI=1S/C15H24N2O/c1-2-11-18-15-8-4-3-7-13(15)14(12-16)17-9-5-6-10-17/h3-4,7-8,14H,2,5-6,9-12,16H2,1H3. The molecule has 2 N–H and O–H groups in total. The zero-order chi connectivity index (χ0) is 12.8. The van der Waals surface area contributed by atoms with Gasteiger partial charge in [0.05, 0.1) is 12.6 Å². The molecule has 1 aliphatic rings. The topological polar surface area (TPSA) is 38.5 Å². The molecule has 18 heavy (non-hydrogen) atoms. The molecule has 1 fully saturated rings. The summed E-state index contributed by atoms with van der Waals surface area (Å²) < 4.78 is 5.85. The van der Waals surface area contributed by atoms with Gasteiger partial charge in [-0.25, -0.2) is 0 Å². The number of nitrogens with zero attached hydrogens (tertiary/aromatic N) is 1. The van der Waals surface area contributed by atoms with Crippen LogP contribution in [0.3, 0.4) is 0 Å². The van der Waals surface area contributed by atoms with Crippen molar-refractivity contribution in [1.29, 1.82) is 0 Å². The summed E-state index contributed by atoms with van der Waals surface area (Å²) in [6, 6.07) is 8.63. The molecule has 0 amide bonds. The van der Waals surface area contributed by atoms with Crippen LogP contribution in [0.4, 0.5) is 0 Å². The van der Waals surface area contributed by atoms with Crippen molar-refractivity contribution in [2.24, 2.45) is 5.73 Å². The van der Waals surface area contributed by atoms with E-state index in [0.717, 1.165) is 31.9 Å². The molecular weight excluding hydrogens is 224 g/mol. The molecule has 0 radical (unpaired) electrons. The number of para-hydroxylation sites is 1. The average molecular weight is 248 g/mol. The van der Waals surface area contributed by atoms with Crippen LogP contribution in [0.5, 0.6) is 5.75 Å². The lowest BCUT2D eigenvalue weighted by Crippen LogP contribution is -2.31. The molecule has 3 heteroatoms. The van der Waals surface area contributed by atoms with Crippen molar-refractivity contribution in [2.75, 3.05) is 26.2 Å². The molecule has 1 saturated heterocycles. The maximum Gasteiger partial charge on any atom is 0.124 e. The normalized spacial score (nSPS) is 17.9. The third kappa shape index (κ3) is 3.03. The van der Waals surface area contributed by atoms with Gasteiger partial charge in [0.1, 0.15) is 5.75 Å². The molecule has 1 aliphatic heterocycles. The second-order valence-electron chi connectivity index (χ2n) is 4.88. The molecule has 1 atom stereocenters. The summed E-state index contributed by atoms with van der Waals surface area (Å²) in [5.41, 5.74) is 7.23. The van der Waals surface area contributed by atoms with Gasteiger partial charge in [-0.3, -0.25) is 4.90 Å². The molecule has 100 valence electrons. The average Bonchev–Trinajstić information content (AvgIpc) is 2.92. The van der Waals surface area contributed by atoms with Gasteiger partial charge in [0.25, 0.3) is 0 Å². The van der Waals surface area contributed by atoms with Gasteiger partial charge in [-0.15, -0.1) is 0 Å². The van der Waals surface area contributed by atoms with Crippen LogP contribution in [0.15, 0.2) is 24.3 Å². The van der Waals surface area contributed by atoms with Crippen LogP contribution >= 0.6 is 0 Å². The minimum atomic E-state index is 0.306. The van der Waals surface area contributed by atoms with Gasteiger partial charge < -0.3 is 10.5 Å². The zero-order valence-electron chi connectivity index (χ0n) is 11.3. The van der Waals surface area contributed by atoms with E-state index < -0.39 is 0 Å². The summed E-state index contributed by atoms with van der Waals surface area (Å²) in [4.78, 5) is 2.48. The summed E-state index contributed by atoms with van der Waals surface area (Å²) in [6.45, 7) is 5.87. The monoisotopic (exact) mass is 248 g/mol. The first kappa shape index (κ1) is 13.4. The first-order chi connectivity index (χ1) is 8.86. The Labute approximate surface area is 110 Å². The first-order valence-electron chi connectivity index (χ1n) is 7.02. The van der Waals surface area contributed by atoms with Gasteiger partial charge in [-0.05, 0) is 38.4 Å². The number of ether oxygens (including phenoxy) is 1. The van der Waals surface area contributed by atoms with Crippen LogP contribution in [-0.4, -0.2) is 31.1 Å². The minimum Gasteiger partial charge on any atom is -0.493 e. The molecule has 1 unspecified atom stereocenters. The highest BCUT2D eigenvalue weighted by molar-refractivity contribution is 5.36. The van der Waals surface area contributed by atoms with Crippen molar-refractivity contribution in [2.45, 2.75) is 32.2 Å². The van der Waals surface area contributed by atoms with Crippen molar-refractivity contribution < 1.29 is 4.74 Å². The zero-order valence-corrected chi connectivity index (χ0v) is 11.3. The Balaban J connectivity index is 2.17. The summed E-state index contributed by atoms with van der Waals surface area (Å²) in [5.74, 6) is 1.00. The third-order valence-electron chi connectivity index (χ3n) is 3.54. The van der Waals surface area contributed by atoms with E-state index in [9.17, 15) is 0 Å². The van der Waals surface area contributed by atoms with Gasteiger partial charge >= 0.3 is 0 Å². The summed E-state index contributed by atoms with van der Waals surface area (Å²) in [7, 11) is 0. The van der Waals surface area contributed by atoms with Crippen molar-refractivity contribution >= 4 is 0 Å². The molecule has 3 nitrogen and oxygen atoms in total. The van der Waals surface area contributed by atoms with Crippen molar-refractivity contribution in [1.82, 2.24) is 4.90 Å². The number of likely N-dealkylation sites (tertiary alicyclic amines) is 1. The van der Waals surface area contributed by atoms with E-state index in [1.54, 1.807) is 0 Å². The molecule has 0 spiro atoms. The number of hydrogen-bond donors (Lipinski definition) is 1. The van der Waals surface area contributed by atoms with Crippen molar-refractivity contribution in [3.8, 4) is 5.75 Å². The molecule has 1 aromatic rings. The first-order valence-corrected chi connectivity index (χ1v) is 7.02. The van der Waals surface area contributed by atoms with E-state index >= 15 is 0 Å². The van der Waals surface area contributed by atoms with Crippen molar-refractivity contribution in [3.05, 3.63) is 29.8 Å². The Morgan fingerprint density at radius 3 is 2.67 bits per heavy atom. The van der Waals surface area contributed by atoms with Gasteiger partial charge in [-0.2, -0.15) is 0 Å².